The van der Waals surface area contributed by atoms with Gasteiger partial charge in [0.05, 0.1) is 0 Å². The highest BCUT2D eigenvalue weighted by Gasteiger charge is 2.19. The number of ether oxygens (including phenoxy) is 3. The van der Waals surface area contributed by atoms with Gasteiger partial charge in [-0.1, -0.05) is 347 Å². The third-order valence-electron chi connectivity index (χ3n) is 16.4. The Kier molecular flexibility index (Phi) is 66.6. The topological polar surface area (TPSA) is 78.9 Å². The maximum absolute atomic E-state index is 12.9. The lowest BCUT2D eigenvalue weighted by Gasteiger charge is -2.18. The Hall–Kier alpha value is -2.11. The van der Waals surface area contributed by atoms with Crippen molar-refractivity contribution in [3.05, 3.63) is 24.3 Å². The maximum Gasteiger partial charge on any atom is 0.306 e. The van der Waals surface area contributed by atoms with Gasteiger partial charge in [-0.25, -0.2) is 0 Å². The zero-order valence-electron chi connectivity index (χ0n) is 53.7. The molecule has 0 saturated heterocycles. The highest BCUT2D eigenvalue weighted by Crippen LogP contribution is 2.19. The summed E-state index contributed by atoms with van der Waals surface area (Å²) < 4.78 is 17.0. The zero-order valence-corrected chi connectivity index (χ0v) is 53.7. The van der Waals surface area contributed by atoms with Crippen LogP contribution in [0.2, 0.25) is 0 Å². The van der Waals surface area contributed by atoms with Crippen LogP contribution in [-0.2, 0) is 28.6 Å². The quantitative estimate of drug-likeness (QED) is 0.0261. The first-order chi connectivity index (χ1) is 39.0. The largest absolute Gasteiger partial charge is 0.462 e. The fourth-order valence-corrected chi connectivity index (χ4v) is 11.0. The van der Waals surface area contributed by atoms with Gasteiger partial charge in [-0.05, 0) is 64.2 Å². The van der Waals surface area contributed by atoms with E-state index in [1.54, 1.807) is 0 Å². The molecule has 0 aromatic carbocycles. The lowest BCUT2D eigenvalue weighted by molar-refractivity contribution is -0.167. The van der Waals surface area contributed by atoms with E-state index in [0.717, 1.165) is 64.2 Å². The van der Waals surface area contributed by atoms with Crippen molar-refractivity contribution in [2.45, 2.75) is 412 Å². The number of hydrogen-bond acceptors (Lipinski definition) is 6. The SMILES string of the molecule is CCCC/C=C\CCCCCCCC(=O)OCC(COC(=O)CCCCCCCCCCCCCCC/C=C\CCCCCCCCCC)OC(=O)CCCCCCCCCCCCCCCCCCCCCCCCCCC. The molecule has 79 heavy (non-hydrogen) atoms. The van der Waals surface area contributed by atoms with Crippen molar-refractivity contribution in [3.8, 4) is 0 Å². The van der Waals surface area contributed by atoms with Gasteiger partial charge in [0.15, 0.2) is 6.10 Å². The first-order valence-electron chi connectivity index (χ1n) is 35.8. The molecule has 6 nitrogen and oxygen atoms in total. The molecule has 466 valence electrons. The molecule has 1 unspecified atom stereocenters. The number of unbranched alkanes of at least 4 members (excludes halogenated alkanes) is 52. The molecule has 0 fully saturated rings. The summed E-state index contributed by atoms with van der Waals surface area (Å²) in [5, 5.41) is 0. The molecular weight excluding hydrogens is 973 g/mol. The van der Waals surface area contributed by atoms with E-state index in [-0.39, 0.29) is 31.1 Å². The molecule has 0 bridgehead atoms. The van der Waals surface area contributed by atoms with Gasteiger partial charge < -0.3 is 14.2 Å². The number of carbonyl (C=O) groups excluding carboxylic acids is 3. The van der Waals surface area contributed by atoms with Gasteiger partial charge in [0.2, 0.25) is 0 Å². The molecule has 0 N–H and O–H groups in total. The second-order valence-electron chi connectivity index (χ2n) is 24.5. The van der Waals surface area contributed by atoms with Crippen LogP contribution in [0.25, 0.3) is 0 Å². The highest BCUT2D eigenvalue weighted by molar-refractivity contribution is 5.71. The minimum absolute atomic E-state index is 0.0684. The van der Waals surface area contributed by atoms with Crippen molar-refractivity contribution in [2.24, 2.45) is 0 Å². The average molecular weight is 1110 g/mol. The van der Waals surface area contributed by atoms with Gasteiger partial charge in [-0.2, -0.15) is 0 Å². The third kappa shape index (κ3) is 66.6. The van der Waals surface area contributed by atoms with Gasteiger partial charge in [0.25, 0.3) is 0 Å². The van der Waals surface area contributed by atoms with E-state index in [4.69, 9.17) is 14.2 Å². The minimum atomic E-state index is -0.772. The smallest absolute Gasteiger partial charge is 0.306 e. The van der Waals surface area contributed by atoms with E-state index in [2.05, 4.69) is 45.1 Å². The van der Waals surface area contributed by atoms with E-state index < -0.39 is 6.10 Å². The molecule has 0 heterocycles. The monoisotopic (exact) mass is 1110 g/mol. The second kappa shape index (κ2) is 68.4. The molecule has 0 aliphatic heterocycles. The van der Waals surface area contributed by atoms with Gasteiger partial charge in [-0.15, -0.1) is 0 Å². The van der Waals surface area contributed by atoms with Crippen LogP contribution in [0.5, 0.6) is 0 Å². The fourth-order valence-electron chi connectivity index (χ4n) is 11.0. The first-order valence-corrected chi connectivity index (χ1v) is 35.8. The van der Waals surface area contributed by atoms with E-state index >= 15 is 0 Å². The Morgan fingerprint density at radius 2 is 0.430 bits per heavy atom. The molecule has 0 radical (unpaired) electrons. The van der Waals surface area contributed by atoms with Crippen LogP contribution in [0.1, 0.15) is 406 Å². The summed E-state index contributed by atoms with van der Waals surface area (Å²) in [6.45, 7) is 6.68. The normalized spacial score (nSPS) is 12.1. The molecule has 0 saturated carbocycles. The van der Waals surface area contributed by atoms with Crippen LogP contribution in [0, 0.1) is 0 Å². The highest BCUT2D eigenvalue weighted by atomic mass is 16.6. The minimum Gasteiger partial charge on any atom is -0.462 e. The van der Waals surface area contributed by atoms with Crippen molar-refractivity contribution < 1.29 is 28.6 Å². The summed E-state index contributed by atoms with van der Waals surface area (Å²) in [4.78, 5) is 38.4. The summed E-state index contributed by atoms with van der Waals surface area (Å²) in [6, 6.07) is 0. The summed E-state index contributed by atoms with van der Waals surface area (Å²) in [5.74, 6) is -0.848. The lowest BCUT2D eigenvalue weighted by atomic mass is 10.0. The predicted octanol–water partition coefficient (Wildman–Crippen LogP) is 24.6. The standard InChI is InChI=1S/C73H138O6/c1-4-7-10-13-16-19-22-24-26-28-30-32-34-36-38-40-42-44-46-48-51-54-57-60-63-66-72(75)78-69-70(68-77-71(74)65-62-59-56-53-50-21-18-15-12-9-6-3)79-73(76)67-64-61-58-55-52-49-47-45-43-41-39-37-35-33-31-29-27-25-23-20-17-14-11-8-5-2/h15,18,28,30,70H,4-14,16-17,19-27,29,31-69H2,1-3H3/b18-15-,30-28-. The molecular formula is C73H138O6. The summed E-state index contributed by atoms with van der Waals surface area (Å²) >= 11 is 0. The van der Waals surface area contributed by atoms with Crippen LogP contribution in [-0.4, -0.2) is 37.2 Å². The molecule has 0 rings (SSSR count). The molecule has 0 aliphatic rings. The molecule has 0 aliphatic carbocycles. The lowest BCUT2D eigenvalue weighted by Crippen LogP contribution is -2.30. The van der Waals surface area contributed by atoms with Gasteiger partial charge in [0, 0.05) is 19.3 Å². The Labute approximate surface area is 493 Å². The summed E-state index contributed by atoms with van der Waals surface area (Å²) in [6.07, 6.45) is 83.7. The van der Waals surface area contributed by atoms with Gasteiger partial charge in [-0.3, -0.25) is 14.4 Å². The zero-order chi connectivity index (χ0) is 57.1. The van der Waals surface area contributed by atoms with Crippen molar-refractivity contribution >= 4 is 17.9 Å². The van der Waals surface area contributed by atoms with E-state index in [0.29, 0.717) is 19.3 Å². The molecule has 0 aromatic rings. The molecule has 0 aromatic heterocycles. The Balaban J connectivity index is 4.16. The van der Waals surface area contributed by atoms with Crippen LogP contribution in [0.15, 0.2) is 24.3 Å². The van der Waals surface area contributed by atoms with E-state index in [9.17, 15) is 14.4 Å². The van der Waals surface area contributed by atoms with Crippen molar-refractivity contribution in [1.82, 2.24) is 0 Å². The van der Waals surface area contributed by atoms with Crippen LogP contribution in [0.4, 0.5) is 0 Å². The molecule has 6 heteroatoms. The van der Waals surface area contributed by atoms with Crippen molar-refractivity contribution in [3.63, 3.8) is 0 Å². The Morgan fingerprint density at radius 1 is 0.241 bits per heavy atom. The number of hydrogen-bond donors (Lipinski definition) is 0. The maximum atomic E-state index is 12.9. The van der Waals surface area contributed by atoms with Gasteiger partial charge >= 0.3 is 17.9 Å². The van der Waals surface area contributed by atoms with E-state index in [1.165, 1.54) is 302 Å². The van der Waals surface area contributed by atoms with Crippen LogP contribution in [0.3, 0.4) is 0 Å². The second-order valence-corrected chi connectivity index (χ2v) is 24.5. The summed E-state index contributed by atoms with van der Waals surface area (Å²) in [7, 11) is 0. The number of esters is 3. The van der Waals surface area contributed by atoms with Crippen LogP contribution < -0.4 is 0 Å². The molecule has 0 spiro atoms. The molecule has 1 atom stereocenters. The van der Waals surface area contributed by atoms with Crippen molar-refractivity contribution in [1.29, 1.82) is 0 Å². The number of rotatable bonds is 67. The average Bonchev–Trinajstić information content (AvgIpc) is 3.45. The number of allylic oxidation sites excluding steroid dienone is 4. The van der Waals surface area contributed by atoms with Crippen LogP contribution >= 0.6 is 0 Å². The molecule has 0 amide bonds. The third-order valence-corrected chi connectivity index (χ3v) is 16.4. The summed E-state index contributed by atoms with van der Waals surface area (Å²) in [5.41, 5.74) is 0. The Bertz CT molecular complexity index is 1270. The fraction of sp³-hybridized carbons (Fsp3) is 0.904. The van der Waals surface area contributed by atoms with E-state index in [1.807, 2.05) is 0 Å². The van der Waals surface area contributed by atoms with Gasteiger partial charge in [0.1, 0.15) is 13.2 Å². The predicted molar refractivity (Wildman–Crippen MR) is 344 cm³/mol. The first kappa shape index (κ1) is 76.9. The Morgan fingerprint density at radius 3 is 0.671 bits per heavy atom. The van der Waals surface area contributed by atoms with Crippen molar-refractivity contribution in [2.75, 3.05) is 13.2 Å². The number of carbonyl (C=O) groups is 3.